The van der Waals surface area contributed by atoms with Crippen LogP contribution < -0.4 is 5.32 Å². The van der Waals surface area contributed by atoms with Crippen molar-refractivity contribution in [2.45, 2.75) is 32.7 Å². The average molecular weight is 405 g/mol. The molecule has 11 heteroatoms. The summed E-state index contributed by atoms with van der Waals surface area (Å²) >= 11 is 0. The first kappa shape index (κ1) is 21.7. The Kier molecular flexibility index (Phi) is 7.44. The number of amides is 2. The molecular weight excluding hydrogens is 383 g/mol. The molecular formula is C17H22F3N3O5. The van der Waals surface area contributed by atoms with E-state index in [2.05, 4.69) is 4.90 Å². The van der Waals surface area contributed by atoms with E-state index in [9.17, 15) is 27.6 Å². The maximum absolute atomic E-state index is 12.2. The van der Waals surface area contributed by atoms with Crippen LogP contribution >= 0.6 is 0 Å². The number of furan rings is 1. The van der Waals surface area contributed by atoms with Crippen molar-refractivity contribution < 1.29 is 36.7 Å². The summed E-state index contributed by atoms with van der Waals surface area (Å²) < 4.78 is 47.0. The van der Waals surface area contributed by atoms with Gasteiger partial charge in [-0.25, -0.2) is 0 Å². The molecule has 1 aliphatic heterocycles. The number of carbonyl (C=O) groups is 3. The first-order valence-corrected chi connectivity index (χ1v) is 8.71. The zero-order valence-electron chi connectivity index (χ0n) is 15.4. The lowest BCUT2D eigenvalue weighted by Crippen LogP contribution is -2.45. The summed E-state index contributed by atoms with van der Waals surface area (Å²) in [5.74, 6) is -1.88. The topological polar surface area (TPSA) is 92.1 Å². The third kappa shape index (κ3) is 6.87. The zero-order chi connectivity index (χ0) is 20.7. The third-order valence-corrected chi connectivity index (χ3v) is 4.11. The average Bonchev–Trinajstić information content (AvgIpc) is 2.93. The van der Waals surface area contributed by atoms with Gasteiger partial charge < -0.3 is 19.4 Å². The van der Waals surface area contributed by atoms with E-state index in [4.69, 9.17) is 9.15 Å². The van der Waals surface area contributed by atoms with Crippen LogP contribution in [0, 0.1) is 0 Å². The molecule has 2 rings (SSSR count). The Morgan fingerprint density at radius 3 is 2.54 bits per heavy atom. The van der Waals surface area contributed by atoms with Gasteiger partial charge in [-0.05, 0) is 18.6 Å². The molecule has 0 aliphatic carbocycles. The Morgan fingerprint density at radius 2 is 1.86 bits per heavy atom. The van der Waals surface area contributed by atoms with E-state index in [1.165, 1.54) is 11.8 Å². The highest BCUT2D eigenvalue weighted by atomic mass is 19.4. The number of alkyl halides is 3. The van der Waals surface area contributed by atoms with E-state index in [1.807, 2.05) is 0 Å². The van der Waals surface area contributed by atoms with E-state index in [-0.39, 0.29) is 6.61 Å². The largest absolute Gasteiger partial charge is 0.471 e. The van der Waals surface area contributed by atoms with Crippen molar-refractivity contribution in [1.29, 1.82) is 0 Å². The standard InChI is InChI=1S/C17H22F3N3O5/c1-12(24)27-11-14-4-3-13(28-14)10-22-5-2-6-23(8-7-22)15(25)9-21-16(26)17(18,19)20/h3-4H,2,5-11H2,1H3,(H,21,26). The van der Waals surface area contributed by atoms with Crippen LogP contribution in [0.25, 0.3) is 0 Å². The van der Waals surface area contributed by atoms with Gasteiger partial charge in [-0.15, -0.1) is 0 Å². The molecule has 2 amide bonds. The number of halogens is 3. The molecule has 8 nitrogen and oxygen atoms in total. The predicted molar refractivity (Wildman–Crippen MR) is 89.7 cm³/mol. The van der Waals surface area contributed by atoms with Crippen LogP contribution in [0.3, 0.4) is 0 Å². The number of carbonyl (C=O) groups excluding carboxylic acids is 3. The van der Waals surface area contributed by atoms with E-state index in [0.29, 0.717) is 50.7 Å². The maximum Gasteiger partial charge on any atom is 0.471 e. The van der Waals surface area contributed by atoms with E-state index < -0.39 is 30.5 Å². The molecule has 0 saturated carbocycles. The predicted octanol–water partition coefficient (Wildman–Crippen LogP) is 1.06. The van der Waals surface area contributed by atoms with Crippen molar-refractivity contribution in [3.05, 3.63) is 23.7 Å². The highest BCUT2D eigenvalue weighted by Crippen LogP contribution is 2.15. The van der Waals surface area contributed by atoms with Gasteiger partial charge in [0.05, 0.1) is 13.1 Å². The summed E-state index contributed by atoms with van der Waals surface area (Å²) in [5.41, 5.74) is 0. The molecule has 1 N–H and O–H groups in total. The second kappa shape index (κ2) is 9.58. The summed E-state index contributed by atoms with van der Waals surface area (Å²) in [7, 11) is 0. The Balaban J connectivity index is 1.79. The second-order valence-electron chi connectivity index (χ2n) is 6.34. The Bertz CT molecular complexity index is 704. The van der Waals surface area contributed by atoms with Crippen LogP contribution in [0.4, 0.5) is 13.2 Å². The normalized spacial score (nSPS) is 15.8. The minimum Gasteiger partial charge on any atom is -0.461 e. The van der Waals surface area contributed by atoms with Gasteiger partial charge in [0.1, 0.15) is 18.1 Å². The molecule has 1 aliphatic rings. The van der Waals surface area contributed by atoms with Gasteiger partial charge in [0.15, 0.2) is 0 Å². The number of hydrogen-bond donors (Lipinski definition) is 1. The van der Waals surface area contributed by atoms with Crippen LogP contribution in [0.2, 0.25) is 0 Å². The summed E-state index contributed by atoms with van der Waals surface area (Å²) in [6.45, 7) is 3.10. The number of hydrogen-bond acceptors (Lipinski definition) is 6. The van der Waals surface area contributed by atoms with Crippen LogP contribution in [0.5, 0.6) is 0 Å². The van der Waals surface area contributed by atoms with Crippen molar-refractivity contribution >= 4 is 17.8 Å². The van der Waals surface area contributed by atoms with Crippen LogP contribution in [-0.4, -0.2) is 66.5 Å². The monoisotopic (exact) mass is 405 g/mol. The lowest BCUT2D eigenvalue weighted by molar-refractivity contribution is -0.174. The SMILES string of the molecule is CC(=O)OCc1ccc(CN2CCCN(C(=O)CNC(=O)C(F)(F)F)CC2)o1. The number of rotatable bonds is 6. The van der Waals surface area contributed by atoms with Gasteiger partial charge in [0.2, 0.25) is 5.91 Å². The van der Waals surface area contributed by atoms with Crippen LogP contribution in [0.15, 0.2) is 16.5 Å². The highest BCUT2D eigenvalue weighted by Gasteiger charge is 2.38. The van der Waals surface area contributed by atoms with Crippen LogP contribution in [0.1, 0.15) is 24.9 Å². The van der Waals surface area contributed by atoms with Crippen LogP contribution in [-0.2, 0) is 32.3 Å². The maximum atomic E-state index is 12.2. The lowest BCUT2D eigenvalue weighted by Gasteiger charge is -2.21. The summed E-state index contributed by atoms with van der Waals surface area (Å²) in [4.78, 5) is 37.2. The molecule has 1 aromatic heterocycles. The number of nitrogens with zero attached hydrogens (tertiary/aromatic N) is 2. The minimum atomic E-state index is -5.01. The number of ether oxygens (including phenoxy) is 1. The first-order valence-electron chi connectivity index (χ1n) is 8.71. The van der Waals surface area contributed by atoms with Gasteiger partial charge in [0.25, 0.3) is 0 Å². The van der Waals surface area contributed by atoms with Gasteiger partial charge in [-0.3, -0.25) is 19.3 Å². The molecule has 0 aromatic carbocycles. The van der Waals surface area contributed by atoms with Crippen molar-refractivity contribution in [1.82, 2.24) is 15.1 Å². The minimum absolute atomic E-state index is 0.0568. The fourth-order valence-electron chi connectivity index (χ4n) is 2.72. The quantitative estimate of drug-likeness (QED) is 0.712. The van der Waals surface area contributed by atoms with Gasteiger partial charge in [0, 0.05) is 33.1 Å². The molecule has 0 radical (unpaired) electrons. The molecule has 156 valence electrons. The fourth-order valence-corrected chi connectivity index (χ4v) is 2.72. The molecule has 0 bridgehead atoms. The molecule has 0 unspecified atom stereocenters. The van der Waals surface area contributed by atoms with Crippen molar-refractivity contribution in [3.8, 4) is 0 Å². The zero-order valence-corrected chi connectivity index (χ0v) is 15.4. The highest BCUT2D eigenvalue weighted by molar-refractivity contribution is 5.87. The van der Waals surface area contributed by atoms with E-state index in [0.717, 1.165) is 0 Å². The molecule has 2 heterocycles. The molecule has 28 heavy (non-hydrogen) atoms. The van der Waals surface area contributed by atoms with Crippen molar-refractivity contribution in [3.63, 3.8) is 0 Å². The molecule has 1 fully saturated rings. The van der Waals surface area contributed by atoms with Gasteiger partial charge in [-0.2, -0.15) is 13.2 Å². The molecule has 0 spiro atoms. The molecule has 1 saturated heterocycles. The Hall–Kier alpha value is -2.56. The van der Waals surface area contributed by atoms with Gasteiger partial charge in [-0.1, -0.05) is 0 Å². The summed E-state index contributed by atoms with van der Waals surface area (Å²) in [6.07, 6.45) is -4.37. The fraction of sp³-hybridized carbons (Fsp3) is 0.588. The number of nitrogens with one attached hydrogen (secondary N) is 1. The van der Waals surface area contributed by atoms with E-state index in [1.54, 1.807) is 17.4 Å². The smallest absolute Gasteiger partial charge is 0.461 e. The van der Waals surface area contributed by atoms with Gasteiger partial charge >= 0.3 is 18.1 Å². The summed E-state index contributed by atoms with van der Waals surface area (Å²) in [5, 5.41) is 1.59. The molecule has 0 atom stereocenters. The van der Waals surface area contributed by atoms with Crippen molar-refractivity contribution in [2.24, 2.45) is 0 Å². The second-order valence-corrected chi connectivity index (χ2v) is 6.34. The van der Waals surface area contributed by atoms with Crippen molar-refractivity contribution in [2.75, 3.05) is 32.7 Å². The van der Waals surface area contributed by atoms with E-state index >= 15 is 0 Å². The Morgan fingerprint density at radius 1 is 1.14 bits per heavy atom. The first-order chi connectivity index (χ1) is 13.1. The molecule has 1 aromatic rings. The third-order valence-electron chi connectivity index (χ3n) is 4.11. The number of esters is 1. The lowest BCUT2D eigenvalue weighted by atomic mass is 10.3. The Labute approximate surface area is 159 Å². The summed E-state index contributed by atoms with van der Waals surface area (Å²) in [6, 6.07) is 3.49.